The Labute approximate surface area is 129 Å². The highest BCUT2D eigenvalue weighted by Gasteiger charge is 2.54. The molecule has 4 fully saturated rings. The monoisotopic (exact) mass is 290 g/mol. The van der Waals surface area contributed by atoms with Crippen LogP contribution in [0.4, 0.5) is 4.39 Å². The van der Waals surface area contributed by atoms with Gasteiger partial charge in [-0.2, -0.15) is 0 Å². The molecule has 0 aromatic heterocycles. The summed E-state index contributed by atoms with van der Waals surface area (Å²) in [5.41, 5.74) is 2.01. The average Bonchev–Trinajstić information content (AvgIpc) is 2.82. The number of fused-ring (bicyclic) bond motifs is 5. The third kappa shape index (κ3) is 2.05. The Morgan fingerprint density at radius 2 is 1.86 bits per heavy atom. The van der Waals surface area contributed by atoms with Gasteiger partial charge >= 0.3 is 0 Å². The molecular weight excluding hydrogens is 259 g/mol. The molecule has 118 valence electrons. The van der Waals surface area contributed by atoms with Crippen LogP contribution in [-0.2, 0) is 0 Å². The van der Waals surface area contributed by atoms with Gasteiger partial charge in [-0.1, -0.05) is 19.1 Å². The number of rotatable bonds is 1. The molecule has 0 saturated heterocycles. The first-order valence-electron chi connectivity index (χ1n) is 9.37. The van der Waals surface area contributed by atoms with Gasteiger partial charge in [0.05, 0.1) is 6.67 Å². The van der Waals surface area contributed by atoms with Gasteiger partial charge in [0.25, 0.3) is 0 Å². The van der Waals surface area contributed by atoms with Crippen molar-refractivity contribution >= 4 is 0 Å². The van der Waals surface area contributed by atoms with E-state index in [2.05, 4.69) is 13.5 Å². The first-order chi connectivity index (χ1) is 10.1. The van der Waals surface area contributed by atoms with Crippen LogP contribution < -0.4 is 0 Å². The summed E-state index contributed by atoms with van der Waals surface area (Å²) in [5.74, 6) is 5.03. The van der Waals surface area contributed by atoms with Crippen molar-refractivity contribution in [1.82, 2.24) is 0 Å². The maximum Gasteiger partial charge on any atom is 0.0922 e. The Morgan fingerprint density at radius 3 is 2.67 bits per heavy atom. The van der Waals surface area contributed by atoms with E-state index in [9.17, 15) is 4.39 Å². The second-order valence-electron chi connectivity index (χ2n) is 8.87. The Kier molecular flexibility index (Phi) is 3.47. The summed E-state index contributed by atoms with van der Waals surface area (Å²) in [4.78, 5) is 0. The molecule has 1 heteroatoms. The molecular formula is C20H31F. The minimum Gasteiger partial charge on any atom is -0.251 e. The first kappa shape index (κ1) is 14.3. The van der Waals surface area contributed by atoms with E-state index in [0.29, 0.717) is 11.3 Å². The van der Waals surface area contributed by atoms with Crippen LogP contribution in [0.25, 0.3) is 0 Å². The SMILES string of the molecule is C=C1CCC2C3CCC4CC(CF)CCC4C3CCC12C. The lowest BCUT2D eigenvalue weighted by Crippen LogP contribution is -2.47. The molecule has 4 saturated carbocycles. The van der Waals surface area contributed by atoms with E-state index in [0.717, 1.165) is 36.0 Å². The smallest absolute Gasteiger partial charge is 0.0922 e. The van der Waals surface area contributed by atoms with Gasteiger partial charge in [-0.15, -0.1) is 0 Å². The summed E-state index contributed by atoms with van der Waals surface area (Å²) in [7, 11) is 0. The van der Waals surface area contributed by atoms with Crippen LogP contribution in [0.5, 0.6) is 0 Å². The summed E-state index contributed by atoms with van der Waals surface area (Å²) in [6, 6.07) is 0. The van der Waals surface area contributed by atoms with Crippen LogP contribution in [0, 0.1) is 40.9 Å². The fraction of sp³-hybridized carbons (Fsp3) is 0.900. The Morgan fingerprint density at radius 1 is 1.05 bits per heavy atom. The van der Waals surface area contributed by atoms with E-state index in [1.807, 2.05) is 0 Å². The van der Waals surface area contributed by atoms with E-state index in [1.54, 1.807) is 5.57 Å². The van der Waals surface area contributed by atoms with Crippen molar-refractivity contribution in [1.29, 1.82) is 0 Å². The van der Waals surface area contributed by atoms with E-state index >= 15 is 0 Å². The molecule has 0 nitrogen and oxygen atoms in total. The molecule has 0 radical (unpaired) electrons. The van der Waals surface area contributed by atoms with Crippen LogP contribution >= 0.6 is 0 Å². The molecule has 0 amide bonds. The third-order valence-electron chi connectivity index (χ3n) is 8.24. The van der Waals surface area contributed by atoms with Gasteiger partial charge in [0.15, 0.2) is 0 Å². The van der Waals surface area contributed by atoms with E-state index < -0.39 is 0 Å². The summed E-state index contributed by atoms with van der Waals surface area (Å²) < 4.78 is 13.0. The number of allylic oxidation sites excluding steroid dienone is 1. The molecule has 21 heavy (non-hydrogen) atoms. The minimum atomic E-state index is -0.0716. The average molecular weight is 290 g/mol. The van der Waals surface area contributed by atoms with Gasteiger partial charge in [0.2, 0.25) is 0 Å². The van der Waals surface area contributed by atoms with Crippen molar-refractivity contribution in [2.75, 3.05) is 6.67 Å². The molecule has 4 aliphatic rings. The van der Waals surface area contributed by atoms with Gasteiger partial charge in [-0.25, -0.2) is 0 Å². The Balaban J connectivity index is 1.54. The molecule has 4 rings (SSSR count). The predicted octanol–water partition coefficient (Wildman–Crippen LogP) is 5.78. The van der Waals surface area contributed by atoms with Crippen molar-refractivity contribution in [2.24, 2.45) is 40.9 Å². The third-order valence-corrected chi connectivity index (χ3v) is 8.24. The van der Waals surface area contributed by atoms with Crippen LogP contribution in [0.15, 0.2) is 12.2 Å². The number of alkyl halides is 1. The summed E-state index contributed by atoms with van der Waals surface area (Å²) in [6.07, 6.45) is 12.0. The van der Waals surface area contributed by atoms with Gasteiger partial charge in [-0.3, -0.25) is 4.39 Å². The van der Waals surface area contributed by atoms with Gasteiger partial charge < -0.3 is 0 Å². The molecule has 4 aliphatic carbocycles. The van der Waals surface area contributed by atoms with Crippen molar-refractivity contribution in [3.8, 4) is 0 Å². The zero-order valence-electron chi connectivity index (χ0n) is 13.6. The fourth-order valence-electron chi connectivity index (χ4n) is 7.00. The number of hydrogen-bond donors (Lipinski definition) is 0. The lowest BCUT2D eigenvalue weighted by atomic mass is 9.50. The van der Waals surface area contributed by atoms with E-state index in [4.69, 9.17) is 0 Å². The maximum absolute atomic E-state index is 13.0. The first-order valence-corrected chi connectivity index (χ1v) is 9.37. The normalized spacial score (nSPS) is 53.0. The van der Waals surface area contributed by atoms with Gasteiger partial charge in [-0.05, 0) is 98.7 Å². The molecule has 7 unspecified atom stereocenters. The van der Waals surface area contributed by atoms with Gasteiger partial charge in [0.1, 0.15) is 0 Å². The van der Waals surface area contributed by atoms with Crippen molar-refractivity contribution in [3.63, 3.8) is 0 Å². The van der Waals surface area contributed by atoms with Crippen molar-refractivity contribution in [3.05, 3.63) is 12.2 Å². The minimum absolute atomic E-state index is 0.0716. The van der Waals surface area contributed by atoms with Crippen molar-refractivity contribution in [2.45, 2.75) is 64.7 Å². The standard InChI is InChI=1S/C20H31F/c1-13-3-8-19-18-7-5-15-11-14(12-21)4-6-16(15)17(18)9-10-20(13,19)2/h14-19H,1,3-12H2,2H3. The molecule has 0 heterocycles. The molecule has 0 N–H and O–H groups in total. The Hall–Kier alpha value is -0.330. The summed E-state index contributed by atoms with van der Waals surface area (Å²) >= 11 is 0. The summed E-state index contributed by atoms with van der Waals surface area (Å²) in [5, 5.41) is 0. The number of halogens is 1. The van der Waals surface area contributed by atoms with Crippen LogP contribution in [-0.4, -0.2) is 6.67 Å². The second-order valence-corrected chi connectivity index (χ2v) is 8.87. The molecule has 0 aromatic rings. The highest BCUT2D eigenvalue weighted by Crippen LogP contribution is 2.63. The lowest BCUT2D eigenvalue weighted by Gasteiger charge is -2.55. The molecule has 0 aliphatic heterocycles. The predicted molar refractivity (Wildman–Crippen MR) is 85.7 cm³/mol. The highest BCUT2D eigenvalue weighted by molar-refractivity contribution is 5.20. The maximum atomic E-state index is 13.0. The summed E-state index contributed by atoms with van der Waals surface area (Å²) in [6.45, 7) is 6.85. The second kappa shape index (κ2) is 5.10. The van der Waals surface area contributed by atoms with E-state index in [-0.39, 0.29) is 6.67 Å². The number of hydrogen-bond acceptors (Lipinski definition) is 0. The zero-order valence-corrected chi connectivity index (χ0v) is 13.6. The van der Waals surface area contributed by atoms with Crippen LogP contribution in [0.2, 0.25) is 0 Å². The van der Waals surface area contributed by atoms with E-state index in [1.165, 1.54) is 51.4 Å². The van der Waals surface area contributed by atoms with Crippen LogP contribution in [0.1, 0.15) is 64.7 Å². The zero-order chi connectivity index (χ0) is 14.6. The fourth-order valence-corrected chi connectivity index (χ4v) is 7.00. The topological polar surface area (TPSA) is 0 Å². The molecule has 7 atom stereocenters. The lowest BCUT2D eigenvalue weighted by molar-refractivity contribution is -0.0497. The molecule has 0 bridgehead atoms. The van der Waals surface area contributed by atoms with Crippen molar-refractivity contribution < 1.29 is 4.39 Å². The van der Waals surface area contributed by atoms with Crippen LogP contribution in [0.3, 0.4) is 0 Å². The Bertz CT molecular complexity index is 428. The molecule has 0 aromatic carbocycles. The quantitative estimate of drug-likeness (QED) is 0.537. The molecule has 0 spiro atoms. The largest absolute Gasteiger partial charge is 0.251 e. The highest BCUT2D eigenvalue weighted by atomic mass is 19.1. The van der Waals surface area contributed by atoms with Gasteiger partial charge in [0, 0.05) is 0 Å².